The van der Waals surface area contributed by atoms with Crippen LogP contribution in [-0.2, 0) is 6.54 Å². The zero-order valence-corrected chi connectivity index (χ0v) is 12.3. The Labute approximate surface area is 113 Å². The molecule has 1 unspecified atom stereocenters. The minimum Gasteiger partial charge on any atom is -0.311 e. The van der Waals surface area contributed by atoms with Gasteiger partial charge in [0.15, 0.2) is 0 Å². The Hall–Kier alpha value is -0.0300. The number of nitrogens with one attached hydrogen (secondary N) is 1. The number of thiophene rings is 1. The van der Waals surface area contributed by atoms with Gasteiger partial charge in [-0.15, -0.1) is 11.3 Å². The Morgan fingerprint density at radius 3 is 3.00 bits per heavy atom. The average Bonchev–Trinajstić information content (AvgIpc) is 2.82. The highest BCUT2D eigenvalue weighted by molar-refractivity contribution is 7.99. The van der Waals surface area contributed by atoms with Crippen molar-refractivity contribution in [3.8, 4) is 0 Å². The lowest BCUT2D eigenvalue weighted by atomic mass is 10.2. The molecule has 1 aliphatic rings. The van der Waals surface area contributed by atoms with Crippen molar-refractivity contribution in [3.05, 3.63) is 22.4 Å². The van der Waals surface area contributed by atoms with Gasteiger partial charge in [-0.2, -0.15) is 11.8 Å². The van der Waals surface area contributed by atoms with Gasteiger partial charge in [0.1, 0.15) is 0 Å². The summed E-state index contributed by atoms with van der Waals surface area (Å²) in [5.74, 6) is 2.52. The molecule has 0 bridgehead atoms. The summed E-state index contributed by atoms with van der Waals surface area (Å²) in [7, 11) is 0. The van der Waals surface area contributed by atoms with E-state index in [2.05, 4.69) is 53.3 Å². The Bertz CT molecular complexity index is 305. The van der Waals surface area contributed by atoms with Gasteiger partial charge in [0.05, 0.1) is 0 Å². The van der Waals surface area contributed by atoms with Gasteiger partial charge in [-0.05, 0) is 25.3 Å². The second-order valence-electron chi connectivity index (χ2n) is 4.83. The molecule has 1 aromatic rings. The van der Waals surface area contributed by atoms with Crippen LogP contribution < -0.4 is 5.32 Å². The molecule has 1 fully saturated rings. The van der Waals surface area contributed by atoms with Crippen molar-refractivity contribution in [1.29, 1.82) is 0 Å². The summed E-state index contributed by atoms with van der Waals surface area (Å²) >= 11 is 3.94. The lowest BCUT2D eigenvalue weighted by Crippen LogP contribution is -2.47. The molecule has 1 aromatic heterocycles. The fraction of sp³-hybridized carbons (Fsp3) is 0.692. The second kappa shape index (κ2) is 6.78. The van der Waals surface area contributed by atoms with E-state index in [-0.39, 0.29) is 0 Å². The highest BCUT2D eigenvalue weighted by atomic mass is 32.2. The van der Waals surface area contributed by atoms with Crippen molar-refractivity contribution in [3.63, 3.8) is 0 Å². The molecule has 2 rings (SSSR count). The fourth-order valence-corrected chi connectivity index (χ4v) is 3.75. The lowest BCUT2D eigenvalue weighted by Gasteiger charge is -2.32. The third kappa shape index (κ3) is 4.28. The highest BCUT2D eigenvalue weighted by Crippen LogP contribution is 2.16. The molecule has 0 aliphatic carbocycles. The molecule has 2 nitrogen and oxygen atoms in total. The number of nitrogens with zero attached hydrogens (tertiary/aromatic N) is 1. The Kier molecular flexibility index (Phi) is 5.35. The van der Waals surface area contributed by atoms with Gasteiger partial charge >= 0.3 is 0 Å². The van der Waals surface area contributed by atoms with Crippen LogP contribution in [0.2, 0.25) is 0 Å². The average molecular weight is 270 g/mol. The SMILES string of the molecule is CC(C)N(Cc1cccs1)CC1CSCCN1. The molecule has 96 valence electrons. The van der Waals surface area contributed by atoms with Crippen molar-refractivity contribution in [2.45, 2.75) is 32.5 Å². The molecular formula is C13H22N2S2. The maximum atomic E-state index is 3.62. The van der Waals surface area contributed by atoms with E-state index in [1.165, 1.54) is 29.5 Å². The number of hydrogen-bond acceptors (Lipinski definition) is 4. The Morgan fingerprint density at radius 2 is 2.41 bits per heavy atom. The first-order valence-corrected chi connectivity index (χ1v) is 8.36. The predicted molar refractivity (Wildman–Crippen MR) is 79.0 cm³/mol. The summed E-state index contributed by atoms with van der Waals surface area (Å²) in [6.45, 7) is 8.02. The molecule has 0 spiro atoms. The topological polar surface area (TPSA) is 15.3 Å². The van der Waals surface area contributed by atoms with Crippen LogP contribution in [0.5, 0.6) is 0 Å². The molecule has 0 amide bonds. The molecule has 1 N–H and O–H groups in total. The molecule has 1 aliphatic heterocycles. The molecular weight excluding hydrogens is 248 g/mol. The van der Waals surface area contributed by atoms with Crippen LogP contribution in [0.4, 0.5) is 0 Å². The minimum absolute atomic E-state index is 0.617. The Morgan fingerprint density at radius 1 is 1.53 bits per heavy atom. The standard InChI is InChI=1S/C13H22N2S2/c1-11(2)15(9-13-4-3-6-17-13)8-12-10-16-7-5-14-12/h3-4,6,11-12,14H,5,7-10H2,1-2H3. The summed E-state index contributed by atoms with van der Waals surface area (Å²) in [5, 5.41) is 5.79. The van der Waals surface area contributed by atoms with Crippen LogP contribution >= 0.6 is 23.1 Å². The maximum Gasteiger partial charge on any atom is 0.0331 e. The second-order valence-corrected chi connectivity index (χ2v) is 7.01. The van der Waals surface area contributed by atoms with Gasteiger partial charge in [-0.1, -0.05) is 6.07 Å². The summed E-state index contributed by atoms with van der Waals surface area (Å²) in [6.07, 6.45) is 0. The summed E-state index contributed by atoms with van der Waals surface area (Å²) in [4.78, 5) is 4.05. The van der Waals surface area contributed by atoms with E-state index >= 15 is 0 Å². The van der Waals surface area contributed by atoms with Crippen LogP contribution in [0.25, 0.3) is 0 Å². The Balaban J connectivity index is 1.87. The van der Waals surface area contributed by atoms with Gasteiger partial charge in [-0.25, -0.2) is 0 Å². The van der Waals surface area contributed by atoms with Crippen molar-refractivity contribution in [2.24, 2.45) is 0 Å². The molecule has 1 saturated heterocycles. The number of thioether (sulfide) groups is 1. The quantitative estimate of drug-likeness (QED) is 0.885. The van der Waals surface area contributed by atoms with E-state index in [4.69, 9.17) is 0 Å². The molecule has 4 heteroatoms. The van der Waals surface area contributed by atoms with E-state index in [9.17, 15) is 0 Å². The largest absolute Gasteiger partial charge is 0.311 e. The minimum atomic E-state index is 0.617. The third-order valence-corrected chi connectivity index (χ3v) is 5.11. The first-order chi connectivity index (χ1) is 8.25. The van der Waals surface area contributed by atoms with Gasteiger partial charge in [0.2, 0.25) is 0 Å². The lowest BCUT2D eigenvalue weighted by molar-refractivity contribution is 0.195. The van der Waals surface area contributed by atoms with Crippen molar-refractivity contribution < 1.29 is 0 Å². The van der Waals surface area contributed by atoms with Gasteiger partial charge in [0.25, 0.3) is 0 Å². The molecule has 17 heavy (non-hydrogen) atoms. The van der Waals surface area contributed by atoms with Crippen LogP contribution in [-0.4, -0.2) is 41.6 Å². The van der Waals surface area contributed by atoms with Crippen LogP contribution in [0.1, 0.15) is 18.7 Å². The van der Waals surface area contributed by atoms with Crippen molar-refractivity contribution >= 4 is 23.1 Å². The molecule has 1 atom stereocenters. The molecule has 0 aromatic carbocycles. The van der Waals surface area contributed by atoms with Crippen molar-refractivity contribution in [2.75, 3.05) is 24.6 Å². The number of rotatable bonds is 5. The van der Waals surface area contributed by atoms with E-state index in [0.29, 0.717) is 12.1 Å². The smallest absolute Gasteiger partial charge is 0.0331 e. The highest BCUT2D eigenvalue weighted by Gasteiger charge is 2.19. The first kappa shape index (κ1) is 13.4. The zero-order chi connectivity index (χ0) is 12.1. The first-order valence-electron chi connectivity index (χ1n) is 6.33. The maximum absolute atomic E-state index is 3.62. The van der Waals surface area contributed by atoms with Gasteiger partial charge in [0, 0.05) is 48.1 Å². The summed E-state index contributed by atoms with van der Waals surface area (Å²) in [6, 6.07) is 5.66. The van der Waals surface area contributed by atoms with Crippen LogP contribution in [0, 0.1) is 0 Å². The third-order valence-electron chi connectivity index (χ3n) is 3.12. The molecule has 0 saturated carbocycles. The van der Waals surface area contributed by atoms with Crippen LogP contribution in [0.3, 0.4) is 0 Å². The predicted octanol–water partition coefficient (Wildman–Crippen LogP) is 2.66. The van der Waals surface area contributed by atoms with Crippen molar-refractivity contribution in [1.82, 2.24) is 10.2 Å². The monoisotopic (exact) mass is 270 g/mol. The summed E-state index contributed by atoms with van der Waals surface area (Å²) < 4.78 is 0. The fourth-order valence-electron chi connectivity index (χ4n) is 2.08. The van der Waals surface area contributed by atoms with Gasteiger partial charge in [-0.3, -0.25) is 4.90 Å². The molecule has 0 radical (unpaired) electrons. The van der Waals surface area contributed by atoms with E-state index in [0.717, 1.165) is 6.54 Å². The zero-order valence-electron chi connectivity index (χ0n) is 10.7. The van der Waals surface area contributed by atoms with Crippen LogP contribution in [0.15, 0.2) is 17.5 Å². The summed E-state index contributed by atoms with van der Waals surface area (Å²) in [5.41, 5.74) is 0. The van der Waals surface area contributed by atoms with Gasteiger partial charge < -0.3 is 5.32 Å². The van der Waals surface area contributed by atoms with E-state index in [1.54, 1.807) is 0 Å². The van der Waals surface area contributed by atoms with E-state index in [1.807, 2.05) is 11.3 Å². The van der Waals surface area contributed by atoms with E-state index < -0.39 is 0 Å². The number of hydrogen-bond donors (Lipinski definition) is 1. The normalized spacial score (nSPS) is 21.3. The molecule has 2 heterocycles.